The van der Waals surface area contributed by atoms with Crippen LogP contribution in [0.2, 0.25) is 0 Å². The summed E-state index contributed by atoms with van der Waals surface area (Å²) in [5, 5.41) is 10.4. The van der Waals surface area contributed by atoms with Gasteiger partial charge in [0.25, 0.3) is 0 Å². The number of likely N-dealkylation sites (N-methyl/N-ethyl adjacent to an activating group) is 2. The van der Waals surface area contributed by atoms with Crippen LogP contribution in [-0.2, 0) is 9.53 Å². The summed E-state index contributed by atoms with van der Waals surface area (Å²) >= 11 is 0. The molecule has 0 aromatic heterocycles. The highest BCUT2D eigenvalue weighted by Crippen LogP contribution is 2.21. The second kappa shape index (κ2) is 6.50. The first-order valence-corrected chi connectivity index (χ1v) is 6.58. The molecule has 1 N–H and O–H groups in total. The van der Waals surface area contributed by atoms with E-state index >= 15 is 0 Å². The van der Waals surface area contributed by atoms with E-state index in [0.717, 1.165) is 0 Å². The van der Waals surface area contributed by atoms with Gasteiger partial charge in [-0.15, -0.1) is 0 Å². The van der Waals surface area contributed by atoms with Crippen LogP contribution in [0.3, 0.4) is 0 Å². The van der Waals surface area contributed by atoms with Crippen LogP contribution in [0.5, 0.6) is 0 Å². The monoisotopic (exact) mass is 258 g/mol. The third-order valence-corrected chi connectivity index (χ3v) is 3.56. The summed E-state index contributed by atoms with van der Waals surface area (Å²) in [6, 6.07) is 0.206. The standard InChI is InChI=1S/C13H26N2O3/c1-11(2)15(4)12(16)9-14(3)10-13(17)5-7-18-8-6-13/h11,17H,5-10H2,1-4H3. The summed E-state index contributed by atoms with van der Waals surface area (Å²) in [6.45, 7) is 6.05. The largest absolute Gasteiger partial charge is 0.388 e. The highest BCUT2D eigenvalue weighted by Gasteiger charge is 2.31. The summed E-state index contributed by atoms with van der Waals surface area (Å²) in [4.78, 5) is 15.5. The van der Waals surface area contributed by atoms with Gasteiger partial charge in [0.15, 0.2) is 0 Å². The minimum atomic E-state index is -0.705. The number of hydrogen-bond donors (Lipinski definition) is 1. The average molecular weight is 258 g/mol. The zero-order valence-electron chi connectivity index (χ0n) is 12.0. The first kappa shape index (κ1) is 15.4. The summed E-state index contributed by atoms with van der Waals surface area (Å²) in [5.74, 6) is 0.0863. The number of ether oxygens (including phenoxy) is 1. The van der Waals surface area contributed by atoms with Gasteiger partial charge in [-0.05, 0) is 20.9 Å². The normalized spacial score (nSPS) is 19.3. The number of amides is 1. The number of hydrogen-bond acceptors (Lipinski definition) is 4. The van der Waals surface area contributed by atoms with Crippen molar-refractivity contribution in [3.8, 4) is 0 Å². The number of aliphatic hydroxyl groups is 1. The number of nitrogens with zero attached hydrogens (tertiary/aromatic N) is 2. The lowest BCUT2D eigenvalue weighted by molar-refractivity contribution is -0.133. The molecular formula is C13H26N2O3. The van der Waals surface area contributed by atoms with Gasteiger partial charge in [0, 0.05) is 45.7 Å². The van der Waals surface area contributed by atoms with E-state index in [2.05, 4.69) is 0 Å². The van der Waals surface area contributed by atoms with E-state index in [0.29, 0.717) is 39.1 Å². The number of rotatable bonds is 5. The van der Waals surface area contributed by atoms with Crippen LogP contribution in [0.15, 0.2) is 0 Å². The minimum Gasteiger partial charge on any atom is -0.388 e. The third-order valence-electron chi connectivity index (χ3n) is 3.56. The van der Waals surface area contributed by atoms with E-state index in [9.17, 15) is 9.90 Å². The maximum atomic E-state index is 11.9. The molecule has 1 rings (SSSR count). The van der Waals surface area contributed by atoms with Crippen molar-refractivity contribution in [2.75, 3.05) is 40.4 Å². The van der Waals surface area contributed by atoms with E-state index in [1.54, 1.807) is 4.90 Å². The fourth-order valence-corrected chi connectivity index (χ4v) is 2.10. The molecule has 0 unspecified atom stereocenters. The van der Waals surface area contributed by atoms with Gasteiger partial charge >= 0.3 is 0 Å². The molecule has 5 heteroatoms. The van der Waals surface area contributed by atoms with Crippen LogP contribution in [-0.4, -0.2) is 72.9 Å². The van der Waals surface area contributed by atoms with E-state index in [1.165, 1.54) is 0 Å². The van der Waals surface area contributed by atoms with Crippen molar-refractivity contribution in [2.45, 2.75) is 38.3 Å². The van der Waals surface area contributed by atoms with Crippen molar-refractivity contribution in [2.24, 2.45) is 0 Å². The second-order valence-electron chi connectivity index (χ2n) is 5.61. The first-order valence-electron chi connectivity index (χ1n) is 6.58. The zero-order chi connectivity index (χ0) is 13.8. The molecule has 0 radical (unpaired) electrons. The van der Waals surface area contributed by atoms with Crippen LogP contribution in [0.25, 0.3) is 0 Å². The summed E-state index contributed by atoms with van der Waals surface area (Å²) in [7, 11) is 3.68. The predicted molar refractivity (Wildman–Crippen MR) is 70.4 cm³/mol. The molecule has 18 heavy (non-hydrogen) atoms. The minimum absolute atomic E-state index is 0.0863. The number of carbonyl (C=O) groups is 1. The molecule has 0 spiro atoms. The Morgan fingerprint density at radius 3 is 2.39 bits per heavy atom. The Kier molecular flexibility index (Phi) is 5.56. The first-order chi connectivity index (χ1) is 8.34. The topological polar surface area (TPSA) is 53.0 Å². The van der Waals surface area contributed by atoms with Gasteiger partial charge in [0.2, 0.25) is 5.91 Å². The average Bonchev–Trinajstić information content (AvgIpc) is 2.27. The Morgan fingerprint density at radius 1 is 1.33 bits per heavy atom. The van der Waals surface area contributed by atoms with Crippen molar-refractivity contribution in [1.82, 2.24) is 9.80 Å². The lowest BCUT2D eigenvalue weighted by Gasteiger charge is -2.35. The molecule has 1 saturated heterocycles. The van der Waals surface area contributed by atoms with E-state index in [-0.39, 0.29) is 11.9 Å². The second-order valence-corrected chi connectivity index (χ2v) is 5.61. The fourth-order valence-electron chi connectivity index (χ4n) is 2.10. The van der Waals surface area contributed by atoms with Gasteiger partial charge in [-0.3, -0.25) is 9.69 Å². The Morgan fingerprint density at radius 2 is 1.89 bits per heavy atom. The van der Waals surface area contributed by atoms with Gasteiger partial charge in [-0.25, -0.2) is 0 Å². The van der Waals surface area contributed by atoms with Crippen LogP contribution < -0.4 is 0 Å². The molecule has 0 aromatic rings. The highest BCUT2D eigenvalue weighted by molar-refractivity contribution is 5.78. The molecule has 0 aromatic carbocycles. The van der Waals surface area contributed by atoms with Crippen LogP contribution in [0.4, 0.5) is 0 Å². The maximum absolute atomic E-state index is 11.9. The molecule has 0 bridgehead atoms. The van der Waals surface area contributed by atoms with E-state index in [4.69, 9.17) is 4.74 Å². The Hall–Kier alpha value is -0.650. The van der Waals surface area contributed by atoms with Crippen LogP contribution in [0.1, 0.15) is 26.7 Å². The smallest absolute Gasteiger partial charge is 0.236 e. The van der Waals surface area contributed by atoms with Crippen molar-refractivity contribution in [3.63, 3.8) is 0 Å². The summed E-state index contributed by atoms with van der Waals surface area (Å²) in [6.07, 6.45) is 1.29. The van der Waals surface area contributed by atoms with E-state index < -0.39 is 5.60 Å². The van der Waals surface area contributed by atoms with Gasteiger partial charge in [-0.1, -0.05) is 0 Å². The molecule has 1 aliphatic heterocycles. The SMILES string of the molecule is CC(C)N(C)C(=O)CN(C)CC1(O)CCOCC1. The quantitative estimate of drug-likeness (QED) is 0.772. The Labute approximate surface area is 110 Å². The van der Waals surface area contributed by atoms with Gasteiger partial charge in [0.1, 0.15) is 0 Å². The summed E-state index contributed by atoms with van der Waals surface area (Å²) < 4.78 is 5.24. The van der Waals surface area contributed by atoms with E-state index in [1.807, 2.05) is 32.8 Å². The van der Waals surface area contributed by atoms with Crippen molar-refractivity contribution < 1.29 is 14.6 Å². The van der Waals surface area contributed by atoms with Crippen LogP contribution in [0, 0.1) is 0 Å². The predicted octanol–water partition coefficient (Wildman–Crippen LogP) is 0.327. The van der Waals surface area contributed by atoms with Crippen molar-refractivity contribution in [3.05, 3.63) is 0 Å². The fraction of sp³-hybridized carbons (Fsp3) is 0.923. The molecule has 1 fully saturated rings. The lowest BCUT2D eigenvalue weighted by atomic mass is 9.94. The molecular weight excluding hydrogens is 232 g/mol. The molecule has 5 nitrogen and oxygen atoms in total. The van der Waals surface area contributed by atoms with Gasteiger partial charge < -0.3 is 14.7 Å². The zero-order valence-corrected chi connectivity index (χ0v) is 12.0. The van der Waals surface area contributed by atoms with Crippen molar-refractivity contribution >= 4 is 5.91 Å². The lowest BCUT2D eigenvalue weighted by Crippen LogP contribution is -2.48. The summed E-state index contributed by atoms with van der Waals surface area (Å²) in [5.41, 5.74) is -0.705. The molecule has 1 aliphatic rings. The molecule has 0 aliphatic carbocycles. The highest BCUT2D eigenvalue weighted by atomic mass is 16.5. The molecule has 1 heterocycles. The molecule has 106 valence electrons. The Bertz CT molecular complexity index is 275. The molecule has 1 amide bonds. The molecule has 0 saturated carbocycles. The van der Waals surface area contributed by atoms with Gasteiger partial charge in [-0.2, -0.15) is 0 Å². The van der Waals surface area contributed by atoms with Gasteiger partial charge in [0.05, 0.1) is 12.1 Å². The maximum Gasteiger partial charge on any atom is 0.236 e. The van der Waals surface area contributed by atoms with Crippen molar-refractivity contribution in [1.29, 1.82) is 0 Å². The number of carbonyl (C=O) groups excluding carboxylic acids is 1. The third kappa shape index (κ3) is 4.55. The molecule has 0 atom stereocenters. The Balaban J connectivity index is 2.41. The van der Waals surface area contributed by atoms with Crippen LogP contribution >= 0.6 is 0 Å².